The van der Waals surface area contributed by atoms with Crippen LogP contribution >= 0.6 is 0 Å². The van der Waals surface area contributed by atoms with E-state index in [4.69, 9.17) is 5.73 Å². The Hall–Kier alpha value is -3.23. The molecule has 0 radical (unpaired) electrons. The number of amides is 1. The van der Waals surface area contributed by atoms with Crippen LogP contribution in [0.3, 0.4) is 0 Å². The van der Waals surface area contributed by atoms with Crippen molar-refractivity contribution < 1.29 is 18.0 Å². The fourth-order valence-corrected chi connectivity index (χ4v) is 3.42. The van der Waals surface area contributed by atoms with Crippen molar-refractivity contribution in [3.05, 3.63) is 65.2 Å². The van der Waals surface area contributed by atoms with Crippen LogP contribution in [-0.4, -0.2) is 49.5 Å². The normalized spacial score (nSPS) is 15.2. The number of carbonyl (C=O) groups is 1. The number of halogens is 3. The molecule has 2 aromatic rings. The Kier molecular flexibility index (Phi) is 7.04. The van der Waals surface area contributed by atoms with Gasteiger partial charge in [0, 0.05) is 44.0 Å². The zero-order valence-corrected chi connectivity index (χ0v) is 17.3. The molecule has 1 aliphatic heterocycles. The van der Waals surface area contributed by atoms with Gasteiger partial charge in [0.2, 0.25) is 5.91 Å². The number of hydrogen-bond donors (Lipinski definition) is 2. The van der Waals surface area contributed by atoms with E-state index < -0.39 is 17.6 Å². The van der Waals surface area contributed by atoms with Gasteiger partial charge in [-0.1, -0.05) is 18.2 Å². The number of anilines is 1. The predicted octanol–water partition coefficient (Wildman–Crippen LogP) is 3.09. The van der Waals surface area contributed by atoms with Gasteiger partial charge in [-0.05, 0) is 42.8 Å². The van der Waals surface area contributed by atoms with E-state index in [1.165, 1.54) is 12.1 Å². The van der Waals surface area contributed by atoms with Crippen molar-refractivity contribution in [2.75, 3.05) is 37.6 Å². The Morgan fingerprint density at radius 3 is 2.35 bits per heavy atom. The van der Waals surface area contributed by atoms with Gasteiger partial charge in [-0.3, -0.25) is 4.79 Å². The summed E-state index contributed by atoms with van der Waals surface area (Å²) in [5.74, 6) is 0.284. The molecular weight excluding hydrogens is 407 g/mol. The number of hydrogen-bond acceptors (Lipinski definition) is 3. The molecule has 2 aromatic carbocycles. The number of nitrogens with one attached hydrogen (secondary N) is 1. The number of piperazine rings is 1. The summed E-state index contributed by atoms with van der Waals surface area (Å²) in [6.45, 7) is 5.60. The van der Waals surface area contributed by atoms with Crippen molar-refractivity contribution >= 4 is 17.6 Å². The van der Waals surface area contributed by atoms with Crippen LogP contribution in [0, 0.1) is 0 Å². The van der Waals surface area contributed by atoms with Gasteiger partial charge in [-0.2, -0.15) is 13.2 Å². The van der Waals surface area contributed by atoms with Crippen molar-refractivity contribution in [2.24, 2.45) is 10.7 Å². The second-order valence-corrected chi connectivity index (χ2v) is 7.25. The largest absolute Gasteiger partial charge is 0.416 e. The maximum Gasteiger partial charge on any atom is 0.416 e. The maximum atomic E-state index is 13.0. The minimum absolute atomic E-state index is 0.440. The Labute approximate surface area is 179 Å². The van der Waals surface area contributed by atoms with Crippen LogP contribution in [0.1, 0.15) is 28.4 Å². The lowest BCUT2D eigenvalue weighted by Gasteiger charge is -2.38. The molecule has 3 N–H and O–H groups in total. The average molecular weight is 433 g/mol. The number of alkyl halides is 3. The van der Waals surface area contributed by atoms with Crippen molar-refractivity contribution in [3.8, 4) is 0 Å². The number of guanidine groups is 1. The first-order valence-electron chi connectivity index (χ1n) is 10.1. The fraction of sp³-hybridized carbons (Fsp3) is 0.364. The van der Waals surface area contributed by atoms with Crippen molar-refractivity contribution in [2.45, 2.75) is 19.6 Å². The van der Waals surface area contributed by atoms with E-state index in [2.05, 4.69) is 15.2 Å². The smallest absolute Gasteiger partial charge is 0.368 e. The summed E-state index contributed by atoms with van der Waals surface area (Å²) in [5.41, 5.74) is 6.60. The molecule has 0 aliphatic carbocycles. The average Bonchev–Trinajstić information content (AvgIpc) is 2.76. The van der Waals surface area contributed by atoms with E-state index >= 15 is 0 Å². The van der Waals surface area contributed by atoms with Gasteiger partial charge in [0.05, 0.1) is 12.1 Å². The van der Waals surface area contributed by atoms with Crippen LogP contribution in [0.4, 0.5) is 18.9 Å². The topological polar surface area (TPSA) is 74.0 Å². The minimum Gasteiger partial charge on any atom is -0.368 e. The van der Waals surface area contributed by atoms with Crippen LogP contribution in [0.25, 0.3) is 0 Å². The van der Waals surface area contributed by atoms with Crippen LogP contribution in [0.5, 0.6) is 0 Å². The van der Waals surface area contributed by atoms with E-state index in [1.807, 2.05) is 24.0 Å². The third-order valence-electron chi connectivity index (χ3n) is 5.10. The first-order chi connectivity index (χ1) is 14.8. The number of rotatable bonds is 5. The molecule has 166 valence electrons. The summed E-state index contributed by atoms with van der Waals surface area (Å²) in [7, 11) is 0. The lowest BCUT2D eigenvalue weighted by Crippen LogP contribution is -2.52. The zero-order valence-electron chi connectivity index (χ0n) is 17.3. The number of nitrogens with two attached hydrogens (primary N) is 1. The van der Waals surface area contributed by atoms with E-state index in [0.29, 0.717) is 50.5 Å². The van der Waals surface area contributed by atoms with Crippen LogP contribution in [0.2, 0.25) is 0 Å². The molecule has 3 rings (SSSR count). The van der Waals surface area contributed by atoms with Gasteiger partial charge in [0.1, 0.15) is 0 Å². The highest BCUT2D eigenvalue weighted by atomic mass is 19.4. The molecular formula is C22H26F3N5O. The van der Waals surface area contributed by atoms with Crippen LogP contribution in [-0.2, 0) is 12.7 Å². The summed E-state index contributed by atoms with van der Waals surface area (Å²) in [6.07, 6.45) is -4.35. The zero-order chi connectivity index (χ0) is 22.4. The second-order valence-electron chi connectivity index (χ2n) is 7.25. The molecule has 0 atom stereocenters. The Morgan fingerprint density at radius 1 is 1.10 bits per heavy atom. The highest BCUT2D eigenvalue weighted by molar-refractivity contribution is 5.92. The molecule has 1 aliphatic rings. The fourth-order valence-electron chi connectivity index (χ4n) is 3.42. The molecule has 0 aromatic heterocycles. The van der Waals surface area contributed by atoms with Crippen molar-refractivity contribution in [1.82, 2.24) is 10.2 Å². The third-order valence-corrected chi connectivity index (χ3v) is 5.10. The Morgan fingerprint density at radius 2 is 1.77 bits per heavy atom. The molecule has 1 amide bonds. The van der Waals surface area contributed by atoms with Gasteiger partial charge in [0.25, 0.3) is 0 Å². The standard InChI is InChI=1S/C22H26F3N5O/c1-2-27-21(28-15-16-6-8-17(9-7-16)20(26)31)30-12-10-29(11-13-30)19-5-3-4-18(14-19)22(23,24)25/h3-9,14H,2,10-13,15H2,1H3,(H2,26,31)(H,27,28). The monoisotopic (exact) mass is 433 g/mol. The van der Waals surface area contributed by atoms with Crippen molar-refractivity contribution in [3.63, 3.8) is 0 Å². The molecule has 31 heavy (non-hydrogen) atoms. The highest BCUT2D eigenvalue weighted by Crippen LogP contribution is 2.31. The highest BCUT2D eigenvalue weighted by Gasteiger charge is 2.31. The van der Waals surface area contributed by atoms with Gasteiger partial charge in [-0.15, -0.1) is 0 Å². The molecule has 1 fully saturated rings. The quantitative estimate of drug-likeness (QED) is 0.562. The molecule has 6 nitrogen and oxygen atoms in total. The molecule has 0 bridgehead atoms. The Bertz CT molecular complexity index is 919. The lowest BCUT2D eigenvalue weighted by molar-refractivity contribution is -0.137. The molecule has 0 unspecified atom stereocenters. The first kappa shape index (κ1) is 22.5. The minimum atomic E-state index is -4.35. The van der Waals surface area contributed by atoms with Crippen LogP contribution < -0.4 is 16.0 Å². The second kappa shape index (κ2) is 9.72. The maximum absolute atomic E-state index is 13.0. The molecule has 1 heterocycles. The number of aliphatic imine (C=N–C) groups is 1. The first-order valence-corrected chi connectivity index (χ1v) is 10.1. The van der Waals surface area contributed by atoms with Gasteiger partial charge >= 0.3 is 6.18 Å². The summed E-state index contributed by atoms with van der Waals surface area (Å²) >= 11 is 0. The Balaban J connectivity index is 1.64. The molecule has 0 spiro atoms. The summed E-state index contributed by atoms with van der Waals surface area (Å²) in [4.78, 5) is 19.9. The SMILES string of the molecule is CCNC(=NCc1ccc(C(N)=O)cc1)N1CCN(c2cccc(C(F)(F)F)c2)CC1. The summed E-state index contributed by atoms with van der Waals surface area (Å²) in [6, 6.07) is 12.4. The van der Waals surface area contributed by atoms with Gasteiger partial charge < -0.3 is 20.9 Å². The third kappa shape index (κ3) is 5.90. The molecule has 0 saturated carbocycles. The van der Waals surface area contributed by atoms with Gasteiger partial charge in [0.15, 0.2) is 5.96 Å². The van der Waals surface area contributed by atoms with Gasteiger partial charge in [-0.25, -0.2) is 4.99 Å². The van der Waals surface area contributed by atoms with E-state index in [9.17, 15) is 18.0 Å². The predicted molar refractivity (Wildman–Crippen MR) is 115 cm³/mol. The summed E-state index contributed by atoms with van der Waals surface area (Å²) in [5, 5.41) is 3.27. The number of benzene rings is 2. The van der Waals surface area contributed by atoms with E-state index in [1.54, 1.807) is 18.2 Å². The number of primary amides is 1. The van der Waals surface area contributed by atoms with Crippen LogP contribution in [0.15, 0.2) is 53.5 Å². The van der Waals surface area contributed by atoms with Crippen molar-refractivity contribution in [1.29, 1.82) is 0 Å². The lowest BCUT2D eigenvalue weighted by atomic mass is 10.1. The van der Waals surface area contributed by atoms with E-state index in [0.717, 1.165) is 17.6 Å². The molecule has 9 heteroatoms. The number of carbonyl (C=O) groups excluding carboxylic acids is 1. The number of nitrogens with zero attached hydrogens (tertiary/aromatic N) is 3. The van der Waals surface area contributed by atoms with E-state index in [-0.39, 0.29) is 0 Å². The summed E-state index contributed by atoms with van der Waals surface area (Å²) < 4.78 is 39.0. The molecule has 1 saturated heterocycles.